The minimum absolute atomic E-state index is 0.0472. The molecule has 0 heterocycles. The van der Waals surface area contributed by atoms with E-state index < -0.39 is 0 Å². The van der Waals surface area contributed by atoms with Crippen LogP contribution in [0.4, 0.5) is 5.69 Å². The number of methoxy groups -OCH3 is 1. The summed E-state index contributed by atoms with van der Waals surface area (Å²) in [6.07, 6.45) is 0. The van der Waals surface area contributed by atoms with Crippen molar-refractivity contribution in [3.63, 3.8) is 0 Å². The maximum atomic E-state index is 12.3. The predicted molar refractivity (Wildman–Crippen MR) is 114 cm³/mol. The fraction of sp³-hybridized carbons (Fsp3) is 0.0909. The zero-order valence-electron chi connectivity index (χ0n) is 15.1. The monoisotopic (exact) mass is 411 g/mol. The minimum atomic E-state index is -0.224. The van der Waals surface area contributed by atoms with E-state index in [1.165, 1.54) is 11.8 Å². The van der Waals surface area contributed by atoms with Crippen LogP contribution >= 0.6 is 23.4 Å². The molecular weight excluding hydrogens is 394 g/mol. The first kappa shape index (κ1) is 20.0. The minimum Gasteiger partial charge on any atom is -0.497 e. The van der Waals surface area contributed by atoms with Gasteiger partial charge in [0.1, 0.15) is 5.75 Å². The fourth-order valence-electron chi connectivity index (χ4n) is 2.48. The number of ketones is 1. The number of nitrogens with one attached hydrogen (secondary N) is 1. The van der Waals surface area contributed by atoms with Crippen molar-refractivity contribution in [1.82, 2.24) is 0 Å². The summed E-state index contributed by atoms with van der Waals surface area (Å²) in [5, 5.41) is 3.34. The van der Waals surface area contributed by atoms with Crippen molar-refractivity contribution in [2.75, 3.05) is 18.2 Å². The second-order valence-electron chi connectivity index (χ2n) is 5.93. The molecule has 0 aliphatic heterocycles. The Morgan fingerprint density at radius 1 is 0.964 bits per heavy atom. The second-order valence-corrected chi connectivity index (χ2v) is 7.41. The molecule has 0 aromatic heterocycles. The van der Waals surface area contributed by atoms with E-state index in [2.05, 4.69) is 5.32 Å². The van der Waals surface area contributed by atoms with Crippen molar-refractivity contribution < 1.29 is 14.3 Å². The van der Waals surface area contributed by atoms with Gasteiger partial charge in [0.2, 0.25) is 0 Å². The Hall–Kier alpha value is -2.76. The number of amides is 1. The Morgan fingerprint density at radius 2 is 1.68 bits per heavy atom. The SMILES string of the molecule is COc1ccc(C(=O)CSc2ccc(NC(=O)c3cccc(Cl)c3)cc2)cc1. The van der Waals surface area contributed by atoms with E-state index in [9.17, 15) is 9.59 Å². The molecule has 1 amide bonds. The molecule has 0 atom stereocenters. The molecule has 0 bridgehead atoms. The van der Waals surface area contributed by atoms with Gasteiger partial charge in [0, 0.05) is 26.7 Å². The Kier molecular flexibility index (Phi) is 6.74. The average molecular weight is 412 g/mol. The molecule has 0 fully saturated rings. The Balaban J connectivity index is 1.55. The molecule has 0 aliphatic rings. The molecule has 0 unspecified atom stereocenters. The van der Waals surface area contributed by atoms with Crippen LogP contribution in [0.25, 0.3) is 0 Å². The molecule has 3 rings (SSSR count). The molecule has 1 N–H and O–H groups in total. The van der Waals surface area contributed by atoms with Crippen LogP contribution in [0.15, 0.2) is 77.7 Å². The van der Waals surface area contributed by atoms with Crippen LogP contribution in [0.5, 0.6) is 5.75 Å². The molecule has 3 aromatic rings. The lowest BCUT2D eigenvalue weighted by Crippen LogP contribution is -2.11. The third-order valence-electron chi connectivity index (χ3n) is 3.98. The first-order chi connectivity index (χ1) is 13.5. The smallest absolute Gasteiger partial charge is 0.255 e. The van der Waals surface area contributed by atoms with E-state index in [1.807, 2.05) is 24.3 Å². The number of Topliss-reactive ketones (excluding diaryl/α,β-unsaturated/α-hetero) is 1. The number of carbonyl (C=O) groups is 2. The normalized spacial score (nSPS) is 10.4. The molecule has 6 heteroatoms. The van der Waals surface area contributed by atoms with Gasteiger partial charge < -0.3 is 10.1 Å². The van der Waals surface area contributed by atoms with Crippen molar-refractivity contribution in [1.29, 1.82) is 0 Å². The van der Waals surface area contributed by atoms with E-state index in [4.69, 9.17) is 16.3 Å². The third-order valence-corrected chi connectivity index (χ3v) is 5.23. The van der Waals surface area contributed by atoms with Crippen molar-refractivity contribution in [3.05, 3.63) is 88.9 Å². The van der Waals surface area contributed by atoms with Crippen LogP contribution in [0.2, 0.25) is 5.02 Å². The van der Waals surface area contributed by atoms with Gasteiger partial charge in [0.15, 0.2) is 5.78 Å². The van der Waals surface area contributed by atoms with Crippen LogP contribution in [0.3, 0.4) is 0 Å². The number of hydrogen-bond donors (Lipinski definition) is 1. The van der Waals surface area contributed by atoms with Gasteiger partial charge in [-0.05, 0) is 66.7 Å². The average Bonchev–Trinajstić information content (AvgIpc) is 2.73. The van der Waals surface area contributed by atoms with Crippen molar-refractivity contribution in [3.8, 4) is 5.75 Å². The van der Waals surface area contributed by atoms with E-state index in [0.29, 0.717) is 27.6 Å². The van der Waals surface area contributed by atoms with Crippen LogP contribution in [-0.4, -0.2) is 24.6 Å². The number of thioether (sulfide) groups is 1. The standard InChI is InChI=1S/C22H18ClNO3S/c1-27-19-9-5-15(6-10-19)21(25)14-28-20-11-7-18(8-12-20)24-22(26)16-3-2-4-17(23)13-16/h2-13H,14H2,1H3,(H,24,26). The largest absolute Gasteiger partial charge is 0.497 e. The van der Waals surface area contributed by atoms with Gasteiger partial charge in [-0.2, -0.15) is 0 Å². The van der Waals surface area contributed by atoms with Gasteiger partial charge in [-0.15, -0.1) is 11.8 Å². The lowest BCUT2D eigenvalue weighted by Gasteiger charge is -2.07. The summed E-state index contributed by atoms with van der Waals surface area (Å²) < 4.78 is 5.10. The molecule has 0 saturated carbocycles. The number of carbonyl (C=O) groups excluding carboxylic acids is 2. The molecule has 142 valence electrons. The topological polar surface area (TPSA) is 55.4 Å². The summed E-state index contributed by atoms with van der Waals surface area (Å²) >= 11 is 7.36. The molecule has 0 aliphatic carbocycles. The summed E-state index contributed by atoms with van der Waals surface area (Å²) in [5.41, 5.74) is 1.82. The Bertz CT molecular complexity index is 972. The van der Waals surface area contributed by atoms with E-state index in [0.717, 1.165) is 10.6 Å². The highest BCUT2D eigenvalue weighted by Crippen LogP contribution is 2.22. The van der Waals surface area contributed by atoms with Gasteiger partial charge in [0.25, 0.3) is 5.91 Å². The van der Waals surface area contributed by atoms with E-state index >= 15 is 0 Å². The summed E-state index contributed by atoms with van der Waals surface area (Å²) in [6.45, 7) is 0. The van der Waals surface area contributed by atoms with Gasteiger partial charge >= 0.3 is 0 Å². The lowest BCUT2D eigenvalue weighted by molar-refractivity contribution is 0.101. The number of halogens is 1. The molecule has 3 aromatic carbocycles. The van der Waals surface area contributed by atoms with Crippen LogP contribution in [0, 0.1) is 0 Å². The van der Waals surface area contributed by atoms with Gasteiger partial charge in [-0.3, -0.25) is 9.59 Å². The molecule has 4 nitrogen and oxygen atoms in total. The Labute approximate surface area is 172 Å². The van der Waals surface area contributed by atoms with Gasteiger partial charge in [0.05, 0.1) is 12.9 Å². The Morgan fingerprint density at radius 3 is 2.32 bits per heavy atom. The summed E-state index contributed by atoms with van der Waals surface area (Å²) in [4.78, 5) is 25.5. The van der Waals surface area contributed by atoms with Crippen molar-refractivity contribution >= 4 is 40.7 Å². The number of ether oxygens (including phenoxy) is 1. The zero-order chi connectivity index (χ0) is 19.9. The van der Waals surface area contributed by atoms with E-state index in [-0.39, 0.29) is 11.7 Å². The second kappa shape index (κ2) is 9.44. The predicted octanol–water partition coefficient (Wildman–Crippen LogP) is 5.58. The number of rotatable bonds is 7. The molecule has 0 spiro atoms. The third kappa shape index (κ3) is 5.38. The highest BCUT2D eigenvalue weighted by Gasteiger charge is 2.09. The maximum Gasteiger partial charge on any atom is 0.255 e. The highest BCUT2D eigenvalue weighted by molar-refractivity contribution is 8.00. The first-order valence-electron chi connectivity index (χ1n) is 8.52. The first-order valence-corrected chi connectivity index (χ1v) is 9.88. The zero-order valence-corrected chi connectivity index (χ0v) is 16.7. The molecular formula is C22H18ClNO3S. The number of hydrogen-bond acceptors (Lipinski definition) is 4. The number of anilines is 1. The molecule has 0 radical (unpaired) electrons. The van der Waals surface area contributed by atoms with Crippen LogP contribution < -0.4 is 10.1 Å². The van der Waals surface area contributed by atoms with Crippen molar-refractivity contribution in [2.45, 2.75) is 4.90 Å². The summed E-state index contributed by atoms with van der Waals surface area (Å²) in [6, 6.07) is 21.2. The maximum absolute atomic E-state index is 12.3. The fourth-order valence-corrected chi connectivity index (χ4v) is 3.46. The highest BCUT2D eigenvalue weighted by atomic mass is 35.5. The summed E-state index contributed by atoms with van der Waals surface area (Å²) in [7, 11) is 1.59. The summed E-state index contributed by atoms with van der Waals surface area (Å²) in [5.74, 6) is 0.878. The van der Waals surface area contributed by atoms with Gasteiger partial charge in [-0.1, -0.05) is 17.7 Å². The molecule has 28 heavy (non-hydrogen) atoms. The van der Waals surface area contributed by atoms with Crippen LogP contribution in [0.1, 0.15) is 20.7 Å². The van der Waals surface area contributed by atoms with Gasteiger partial charge in [-0.25, -0.2) is 0 Å². The quantitative estimate of drug-likeness (QED) is 0.407. The number of benzene rings is 3. The van der Waals surface area contributed by atoms with Crippen LogP contribution in [-0.2, 0) is 0 Å². The van der Waals surface area contributed by atoms with Crippen molar-refractivity contribution in [2.24, 2.45) is 0 Å². The molecule has 0 saturated heterocycles. The van der Waals surface area contributed by atoms with E-state index in [1.54, 1.807) is 55.6 Å². The lowest BCUT2D eigenvalue weighted by atomic mass is 10.1.